The molecule has 0 atom stereocenters. The lowest BCUT2D eigenvalue weighted by atomic mass is 10.3. The first-order valence-electron chi connectivity index (χ1n) is 2.91. The Morgan fingerprint density at radius 3 is 2.90 bits per heavy atom. The molecule has 0 unspecified atom stereocenters. The minimum absolute atomic E-state index is 0.822. The Kier molecular flexibility index (Phi) is 1.71. The van der Waals surface area contributed by atoms with Crippen LogP contribution >= 0.6 is 0 Å². The molecule has 4 nitrogen and oxygen atoms in total. The average Bonchev–Trinajstić information content (AvgIpc) is 2.20. The molecule has 0 aromatic carbocycles. The zero-order chi connectivity index (χ0) is 7.56. The van der Waals surface area contributed by atoms with Gasteiger partial charge in [-0.25, -0.2) is 0 Å². The Morgan fingerprint density at radius 1 is 1.80 bits per heavy atom. The maximum atomic E-state index is 8.22. The number of hydrogen-bond donors (Lipinski definition) is 1. The minimum Gasteiger partial charge on any atom is -0.411 e. The van der Waals surface area contributed by atoms with Gasteiger partial charge in [-0.15, -0.1) is 0 Å². The lowest BCUT2D eigenvalue weighted by Gasteiger charge is -1.92. The highest BCUT2D eigenvalue weighted by molar-refractivity contribution is 5.78. The molecule has 0 aliphatic rings. The van der Waals surface area contributed by atoms with Gasteiger partial charge in [0.25, 0.3) is 0 Å². The lowest BCUT2D eigenvalue weighted by Crippen LogP contribution is -1.97. The first-order valence-corrected chi connectivity index (χ1v) is 2.91. The summed E-state index contributed by atoms with van der Waals surface area (Å²) in [7, 11) is 1.80. The fraction of sp³-hybridized carbons (Fsp3) is 0.333. The van der Waals surface area contributed by atoms with Gasteiger partial charge in [-0.1, -0.05) is 5.16 Å². The molecule has 54 valence electrons. The third-order valence-electron chi connectivity index (χ3n) is 1.36. The van der Waals surface area contributed by atoms with Crippen LogP contribution in [0.15, 0.2) is 11.4 Å². The van der Waals surface area contributed by atoms with Crippen LogP contribution in [-0.2, 0) is 7.05 Å². The second-order valence-corrected chi connectivity index (χ2v) is 2.08. The van der Waals surface area contributed by atoms with Crippen molar-refractivity contribution in [1.29, 1.82) is 0 Å². The Hall–Kier alpha value is -1.32. The van der Waals surface area contributed by atoms with Crippen molar-refractivity contribution in [3.05, 3.63) is 17.5 Å². The maximum absolute atomic E-state index is 8.22. The van der Waals surface area contributed by atoms with Crippen LogP contribution in [0, 0.1) is 6.92 Å². The maximum Gasteiger partial charge on any atom is 0.0917 e. The highest BCUT2D eigenvalue weighted by Crippen LogP contribution is 2.00. The third kappa shape index (κ3) is 1.00. The van der Waals surface area contributed by atoms with Crippen molar-refractivity contribution in [3.63, 3.8) is 0 Å². The molecule has 0 amide bonds. The molecular weight excluding hydrogens is 130 g/mol. The zero-order valence-corrected chi connectivity index (χ0v) is 5.94. The number of rotatable bonds is 1. The van der Waals surface area contributed by atoms with E-state index < -0.39 is 0 Å². The van der Waals surface area contributed by atoms with Crippen LogP contribution in [0.2, 0.25) is 0 Å². The van der Waals surface area contributed by atoms with Crippen molar-refractivity contribution < 1.29 is 5.21 Å². The molecule has 0 spiro atoms. The van der Waals surface area contributed by atoms with Crippen molar-refractivity contribution in [2.24, 2.45) is 12.2 Å². The van der Waals surface area contributed by atoms with Crippen LogP contribution in [0.4, 0.5) is 0 Å². The molecule has 0 aliphatic carbocycles. The van der Waals surface area contributed by atoms with Gasteiger partial charge in [0, 0.05) is 7.05 Å². The van der Waals surface area contributed by atoms with Crippen LogP contribution in [0.25, 0.3) is 0 Å². The predicted octanol–water partition coefficient (Wildman–Crippen LogP) is 0.537. The van der Waals surface area contributed by atoms with Crippen LogP contribution in [0.5, 0.6) is 0 Å². The highest BCUT2D eigenvalue weighted by Gasteiger charge is 1.99. The molecule has 1 N–H and O–H groups in total. The molecule has 0 saturated heterocycles. The van der Waals surface area contributed by atoms with Gasteiger partial charge in [-0.3, -0.25) is 4.68 Å². The molecule has 0 fully saturated rings. The van der Waals surface area contributed by atoms with Gasteiger partial charge in [0.2, 0.25) is 0 Å². The van der Waals surface area contributed by atoms with Crippen molar-refractivity contribution in [2.45, 2.75) is 6.92 Å². The smallest absolute Gasteiger partial charge is 0.0917 e. The standard InChI is InChI=1S/C6H9N3O/c1-5-3-7-9(2)6(5)4-8-10/h3-4,10H,1-2H3/b8-4+. The molecule has 1 rings (SSSR count). The van der Waals surface area contributed by atoms with E-state index in [4.69, 9.17) is 5.21 Å². The number of oxime groups is 1. The Labute approximate surface area is 58.8 Å². The largest absolute Gasteiger partial charge is 0.411 e. The number of hydrogen-bond acceptors (Lipinski definition) is 3. The summed E-state index contributed by atoms with van der Waals surface area (Å²) in [5, 5.41) is 15.1. The van der Waals surface area contributed by atoms with E-state index in [2.05, 4.69) is 10.3 Å². The molecule has 1 aromatic heterocycles. The summed E-state index contributed by atoms with van der Waals surface area (Å²) in [5.41, 5.74) is 1.82. The molecule has 0 bridgehead atoms. The van der Waals surface area contributed by atoms with Crippen LogP contribution in [0.1, 0.15) is 11.3 Å². The van der Waals surface area contributed by atoms with Crippen molar-refractivity contribution in [1.82, 2.24) is 9.78 Å². The summed E-state index contributed by atoms with van der Waals surface area (Å²) in [6.45, 7) is 1.91. The van der Waals surface area contributed by atoms with Crippen molar-refractivity contribution in [3.8, 4) is 0 Å². The first-order chi connectivity index (χ1) is 4.75. The van der Waals surface area contributed by atoms with E-state index in [1.54, 1.807) is 17.9 Å². The molecule has 1 aromatic rings. The summed E-state index contributed by atoms with van der Waals surface area (Å²) >= 11 is 0. The van der Waals surface area contributed by atoms with Crippen LogP contribution in [-0.4, -0.2) is 21.2 Å². The fourth-order valence-corrected chi connectivity index (χ4v) is 0.797. The summed E-state index contributed by atoms with van der Waals surface area (Å²) in [5.74, 6) is 0. The third-order valence-corrected chi connectivity index (χ3v) is 1.36. The lowest BCUT2D eigenvalue weighted by molar-refractivity contribution is 0.321. The zero-order valence-electron chi connectivity index (χ0n) is 5.94. The minimum atomic E-state index is 0.822. The van der Waals surface area contributed by atoms with Crippen molar-refractivity contribution >= 4 is 6.21 Å². The molecule has 0 aliphatic heterocycles. The molecule has 1 heterocycles. The molecule has 0 radical (unpaired) electrons. The quantitative estimate of drug-likeness (QED) is 0.350. The van der Waals surface area contributed by atoms with E-state index in [1.807, 2.05) is 6.92 Å². The van der Waals surface area contributed by atoms with E-state index in [1.165, 1.54) is 6.21 Å². The van der Waals surface area contributed by atoms with Crippen LogP contribution in [0.3, 0.4) is 0 Å². The average molecular weight is 139 g/mol. The number of aryl methyl sites for hydroxylation is 2. The summed E-state index contributed by atoms with van der Waals surface area (Å²) in [4.78, 5) is 0. The second-order valence-electron chi connectivity index (χ2n) is 2.08. The van der Waals surface area contributed by atoms with Gasteiger partial charge in [-0.05, 0) is 12.5 Å². The van der Waals surface area contributed by atoms with E-state index in [0.29, 0.717) is 0 Å². The number of nitrogens with zero attached hydrogens (tertiary/aromatic N) is 3. The molecular formula is C6H9N3O. The molecule has 0 saturated carbocycles. The van der Waals surface area contributed by atoms with Gasteiger partial charge in [0.1, 0.15) is 0 Å². The van der Waals surface area contributed by atoms with Gasteiger partial charge >= 0.3 is 0 Å². The summed E-state index contributed by atoms with van der Waals surface area (Å²) < 4.78 is 1.65. The normalized spacial score (nSPS) is 11.0. The van der Waals surface area contributed by atoms with E-state index >= 15 is 0 Å². The van der Waals surface area contributed by atoms with Gasteiger partial charge in [-0.2, -0.15) is 5.10 Å². The van der Waals surface area contributed by atoms with E-state index in [9.17, 15) is 0 Å². The SMILES string of the molecule is Cc1cnn(C)c1/C=N/O. The van der Waals surface area contributed by atoms with E-state index in [0.717, 1.165) is 11.3 Å². The first kappa shape index (κ1) is 6.80. The van der Waals surface area contributed by atoms with Gasteiger partial charge in [0.05, 0.1) is 18.1 Å². The molecule has 4 heteroatoms. The number of aromatic nitrogens is 2. The van der Waals surface area contributed by atoms with Gasteiger partial charge in [0.15, 0.2) is 0 Å². The topological polar surface area (TPSA) is 50.4 Å². The Balaban J connectivity index is 3.10. The highest BCUT2D eigenvalue weighted by atomic mass is 16.4. The Bertz CT molecular complexity index is 232. The summed E-state index contributed by atoms with van der Waals surface area (Å²) in [6.07, 6.45) is 3.08. The predicted molar refractivity (Wildman–Crippen MR) is 37.3 cm³/mol. The fourth-order valence-electron chi connectivity index (χ4n) is 0.797. The van der Waals surface area contributed by atoms with Gasteiger partial charge < -0.3 is 5.21 Å². The van der Waals surface area contributed by atoms with Crippen LogP contribution < -0.4 is 0 Å². The second kappa shape index (κ2) is 2.51. The monoisotopic (exact) mass is 139 g/mol. The van der Waals surface area contributed by atoms with E-state index in [-0.39, 0.29) is 0 Å². The Morgan fingerprint density at radius 2 is 2.50 bits per heavy atom. The van der Waals surface area contributed by atoms with Crippen molar-refractivity contribution in [2.75, 3.05) is 0 Å². The molecule has 10 heavy (non-hydrogen) atoms. The summed E-state index contributed by atoms with van der Waals surface area (Å²) in [6, 6.07) is 0.